The molecule has 20 heavy (non-hydrogen) atoms. The number of nitrogens with zero attached hydrogens (tertiary/aromatic N) is 2. The number of hydrogen-bond donors (Lipinski definition) is 1. The summed E-state index contributed by atoms with van der Waals surface area (Å²) in [6.07, 6.45) is 12.5. The van der Waals surface area contributed by atoms with Crippen LogP contribution in [0, 0.1) is 0 Å². The maximum atomic E-state index is 6.25. The molecule has 2 N–H and O–H groups in total. The fourth-order valence-electron chi connectivity index (χ4n) is 2.74. The third-order valence-corrected chi connectivity index (χ3v) is 3.94. The van der Waals surface area contributed by atoms with Gasteiger partial charge in [-0.25, -0.2) is 4.98 Å². The number of aromatic nitrogens is 2. The molecular formula is C17H33N3. The quantitative estimate of drug-likeness (QED) is 0.595. The molecule has 0 fully saturated rings. The number of imidazole rings is 1. The normalized spacial score (nSPS) is 11.2. The first kappa shape index (κ1) is 17.1. The van der Waals surface area contributed by atoms with Crippen molar-refractivity contribution in [2.24, 2.45) is 0 Å². The summed E-state index contributed by atoms with van der Waals surface area (Å²) in [6.45, 7) is 7.61. The van der Waals surface area contributed by atoms with Gasteiger partial charge in [0.2, 0.25) is 0 Å². The Labute approximate surface area is 125 Å². The van der Waals surface area contributed by atoms with Gasteiger partial charge in [0.15, 0.2) is 0 Å². The van der Waals surface area contributed by atoms with Gasteiger partial charge in [-0.2, -0.15) is 0 Å². The van der Waals surface area contributed by atoms with Crippen molar-refractivity contribution in [3.8, 4) is 0 Å². The van der Waals surface area contributed by atoms with Crippen LogP contribution in [0.3, 0.4) is 0 Å². The van der Waals surface area contributed by atoms with E-state index in [1.54, 1.807) is 0 Å². The predicted octanol–water partition coefficient (Wildman–Crippen LogP) is 4.73. The molecule has 0 spiro atoms. The Morgan fingerprint density at radius 2 is 1.55 bits per heavy atom. The van der Waals surface area contributed by atoms with Gasteiger partial charge in [-0.1, -0.05) is 59.3 Å². The molecule has 116 valence electrons. The van der Waals surface area contributed by atoms with Crippen LogP contribution >= 0.6 is 0 Å². The summed E-state index contributed by atoms with van der Waals surface area (Å²) in [5.74, 6) is 2.07. The van der Waals surface area contributed by atoms with E-state index in [9.17, 15) is 0 Å². The van der Waals surface area contributed by atoms with Crippen LogP contribution < -0.4 is 5.73 Å². The van der Waals surface area contributed by atoms with Crippen molar-refractivity contribution in [1.82, 2.24) is 9.55 Å². The maximum Gasteiger partial charge on any atom is 0.126 e. The van der Waals surface area contributed by atoms with Gasteiger partial charge in [-0.15, -0.1) is 0 Å². The fraction of sp³-hybridized carbons (Fsp3) is 0.824. The lowest BCUT2D eigenvalue weighted by Gasteiger charge is -2.06. The Balaban J connectivity index is 2.36. The summed E-state index contributed by atoms with van der Waals surface area (Å²) in [5.41, 5.74) is 7.38. The van der Waals surface area contributed by atoms with E-state index < -0.39 is 0 Å². The average molecular weight is 279 g/mol. The monoisotopic (exact) mass is 279 g/mol. The van der Waals surface area contributed by atoms with Crippen molar-refractivity contribution in [1.29, 1.82) is 0 Å². The highest BCUT2D eigenvalue weighted by Crippen LogP contribution is 2.19. The molecule has 0 radical (unpaired) electrons. The lowest BCUT2D eigenvalue weighted by Crippen LogP contribution is -2.06. The third-order valence-electron chi connectivity index (χ3n) is 3.94. The van der Waals surface area contributed by atoms with Crippen LogP contribution in [0.25, 0.3) is 0 Å². The summed E-state index contributed by atoms with van der Waals surface area (Å²) in [7, 11) is 0. The van der Waals surface area contributed by atoms with Gasteiger partial charge in [0.05, 0.1) is 5.69 Å². The lowest BCUT2D eigenvalue weighted by atomic mass is 10.1. The van der Waals surface area contributed by atoms with E-state index >= 15 is 0 Å². The third kappa shape index (κ3) is 5.18. The highest BCUT2D eigenvalue weighted by Gasteiger charge is 2.12. The molecule has 1 heterocycles. The molecule has 0 saturated carbocycles. The van der Waals surface area contributed by atoms with E-state index in [1.807, 2.05) is 0 Å². The Morgan fingerprint density at radius 1 is 0.900 bits per heavy atom. The van der Waals surface area contributed by atoms with Gasteiger partial charge in [-0.05, 0) is 19.3 Å². The second-order valence-corrected chi connectivity index (χ2v) is 5.74. The van der Waals surface area contributed by atoms with E-state index in [0.29, 0.717) is 0 Å². The van der Waals surface area contributed by atoms with E-state index in [4.69, 9.17) is 10.7 Å². The van der Waals surface area contributed by atoms with Crippen LogP contribution in [0.15, 0.2) is 0 Å². The molecule has 0 aliphatic rings. The van der Waals surface area contributed by atoms with Gasteiger partial charge in [0.1, 0.15) is 11.6 Å². The number of aryl methyl sites for hydroxylation is 2. The number of nitrogens with two attached hydrogens (primary N) is 1. The molecule has 0 amide bonds. The molecule has 3 heteroatoms. The number of rotatable bonds is 11. The largest absolute Gasteiger partial charge is 0.384 e. The first-order chi connectivity index (χ1) is 9.74. The molecule has 1 rings (SSSR count). The average Bonchev–Trinajstić information content (AvgIpc) is 2.75. The van der Waals surface area contributed by atoms with Crippen LogP contribution in [0.1, 0.15) is 83.7 Å². The Hall–Kier alpha value is -0.990. The first-order valence-electron chi connectivity index (χ1n) is 8.58. The van der Waals surface area contributed by atoms with Crippen LogP contribution in [-0.4, -0.2) is 9.55 Å². The van der Waals surface area contributed by atoms with Crippen LogP contribution in [0.4, 0.5) is 5.82 Å². The summed E-state index contributed by atoms with van der Waals surface area (Å²) in [6, 6.07) is 0. The van der Waals surface area contributed by atoms with Crippen molar-refractivity contribution in [2.45, 2.75) is 91.5 Å². The first-order valence-corrected chi connectivity index (χ1v) is 8.58. The maximum absolute atomic E-state index is 6.25. The summed E-state index contributed by atoms with van der Waals surface area (Å²) in [5, 5.41) is 0. The van der Waals surface area contributed by atoms with Gasteiger partial charge in [0.25, 0.3) is 0 Å². The molecule has 1 aromatic heterocycles. The minimum Gasteiger partial charge on any atom is -0.384 e. The number of nitrogen functional groups attached to an aromatic ring is 1. The van der Waals surface area contributed by atoms with Crippen LogP contribution in [0.5, 0.6) is 0 Å². The summed E-state index contributed by atoms with van der Waals surface area (Å²) < 4.78 is 2.20. The molecule has 0 unspecified atom stereocenters. The second-order valence-electron chi connectivity index (χ2n) is 5.74. The van der Waals surface area contributed by atoms with Crippen molar-refractivity contribution in [3.63, 3.8) is 0 Å². The topological polar surface area (TPSA) is 43.8 Å². The van der Waals surface area contributed by atoms with Gasteiger partial charge in [-0.3, -0.25) is 0 Å². The minimum atomic E-state index is 0.912. The smallest absolute Gasteiger partial charge is 0.126 e. The number of unbranched alkanes of at least 4 members (excludes halogenated alkanes) is 6. The summed E-state index contributed by atoms with van der Waals surface area (Å²) in [4.78, 5) is 4.73. The van der Waals surface area contributed by atoms with E-state index in [1.165, 1.54) is 44.9 Å². The Kier molecular flexibility index (Phi) is 8.40. The lowest BCUT2D eigenvalue weighted by molar-refractivity contribution is 0.587. The zero-order valence-corrected chi connectivity index (χ0v) is 13.7. The minimum absolute atomic E-state index is 0.912. The number of hydrogen-bond acceptors (Lipinski definition) is 2. The SMILES string of the molecule is CCCCCCCCCc1nc(CC)n(CCC)c1N. The number of anilines is 1. The van der Waals surface area contributed by atoms with E-state index in [-0.39, 0.29) is 0 Å². The van der Waals surface area contributed by atoms with Gasteiger partial charge < -0.3 is 10.3 Å². The van der Waals surface area contributed by atoms with Gasteiger partial charge >= 0.3 is 0 Å². The van der Waals surface area contributed by atoms with Crippen LogP contribution in [-0.2, 0) is 19.4 Å². The molecule has 0 aliphatic carbocycles. The van der Waals surface area contributed by atoms with E-state index in [2.05, 4.69) is 25.3 Å². The highest BCUT2D eigenvalue weighted by molar-refractivity contribution is 5.38. The van der Waals surface area contributed by atoms with Crippen molar-refractivity contribution < 1.29 is 0 Å². The fourth-order valence-corrected chi connectivity index (χ4v) is 2.74. The molecule has 0 atom stereocenters. The Morgan fingerprint density at radius 3 is 2.15 bits per heavy atom. The standard InChI is InChI=1S/C17H33N3/c1-4-7-8-9-10-11-12-13-15-17(18)20(14-5-2)16(6-3)19-15/h4-14,18H2,1-3H3. The van der Waals surface area contributed by atoms with Crippen LogP contribution in [0.2, 0.25) is 0 Å². The predicted molar refractivity (Wildman–Crippen MR) is 88.0 cm³/mol. The molecular weight excluding hydrogens is 246 g/mol. The highest BCUT2D eigenvalue weighted by atomic mass is 15.1. The Bertz CT molecular complexity index is 369. The molecule has 3 nitrogen and oxygen atoms in total. The molecule has 0 aliphatic heterocycles. The van der Waals surface area contributed by atoms with Crippen molar-refractivity contribution in [2.75, 3.05) is 5.73 Å². The second kappa shape index (κ2) is 9.84. The zero-order chi connectivity index (χ0) is 14.8. The van der Waals surface area contributed by atoms with E-state index in [0.717, 1.165) is 43.1 Å². The summed E-state index contributed by atoms with van der Waals surface area (Å²) >= 11 is 0. The molecule has 0 bridgehead atoms. The van der Waals surface area contributed by atoms with Gasteiger partial charge in [0, 0.05) is 13.0 Å². The molecule has 0 saturated heterocycles. The van der Waals surface area contributed by atoms with Crippen molar-refractivity contribution >= 4 is 5.82 Å². The zero-order valence-electron chi connectivity index (χ0n) is 13.7. The van der Waals surface area contributed by atoms with Crippen molar-refractivity contribution in [3.05, 3.63) is 11.5 Å². The molecule has 1 aromatic rings. The molecule has 0 aromatic carbocycles.